The van der Waals surface area contributed by atoms with Crippen LogP contribution >= 0.6 is 15.9 Å². The topological polar surface area (TPSA) is 49.3 Å². The van der Waals surface area contributed by atoms with Crippen molar-refractivity contribution in [2.75, 3.05) is 6.54 Å². The minimum Gasteiger partial charge on any atom is -0.383 e. The molecular weight excluding hydrogens is 330 g/mol. The molecule has 0 saturated heterocycles. The molecule has 1 aliphatic rings. The second-order valence-electron chi connectivity index (χ2n) is 5.35. The van der Waals surface area contributed by atoms with E-state index in [0.29, 0.717) is 12.0 Å². The van der Waals surface area contributed by atoms with Crippen molar-refractivity contribution in [1.29, 1.82) is 0 Å². The number of rotatable bonds is 3. The molecule has 3 nitrogen and oxygen atoms in total. The number of hydrogen-bond donors (Lipinski definition) is 2. The zero-order valence-electron chi connectivity index (χ0n) is 11.5. The molecule has 0 aromatic heterocycles. The third-order valence-electron chi connectivity index (χ3n) is 3.99. The van der Waals surface area contributed by atoms with E-state index < -0.39 is 5.60 Å². The van der Waals surface area contributed by atoms with Gasteiger partial charge >= 0.3 is 0 Å². The molecule has 0 aliphatic heterocycles. The van der Waals surface area contributed by atoms with E-state index in [1.807, 2.05) is 42.5 Å². The van der Waals surface area contributed by atoms with Crippen LogP contribution in [0.3, 0.4) is 0 Å². The Morgan fingerprint density at radius 1 is 1.19 bits per heavy atom. The van der Waals surface area contributed by atoms with Crippen molar-refractivity contribution in [1.82, 2.24) is 5.32 Å². The number of benzene rings is 2. The maximum absolute atomic E-state index is 12.2. The molecule has 1 amide bonds. The number of aryl methyl sites for hydroxylation is 1. The number of carbonyl (C=O) groups is 1. The molecule has 4 heteroatoms. The monoisotopic (exact) mass is 345 g/mol. The number of fused-ring (bicyclic) bond motifs is 1. The predicted octanol–water partition coefficient (Wildman–Crippen LogP) is 3.01. The minimum atomic E-state index is -0.965. The average Bonchev–Trinajstić information content (AvgIpc) is 2.84. The van der Waals surface area contributed by atoms with Gasteiger partial charge in [0.25, 0.3) is 5.91 Å². The van der Waals surface area contributed by atoms with Crippen LogP contribution in [0.4, 0.5) is 0 Å². The van der Waals surface area contributed by atoms with Gasteiger partial charge in [-0.05, 0) is 52.0 Å². The van der Waals surface area contributed by atoms with Crippen molar-refractivity contribution in [2.45, 2.75) is 18.4 Å². The number of amides is 1. The summed E-state index contributed by atoms with van der Waals surface area (Å²) in [4.78, 5) is 12.2. The van der Waals surface area contributed by atoms with E-state index in [1.165, 1.54) is 0 Å². The van der Waals surface area contributed by atoms with Crippen molar-refractivity contribution in [3.05, 3.63) is 69.7 Å². The van der Waals surface area contributed by atoms with Crippen molar-refractivity contribution in [3.8, 4) is 0 Å². The van der Waals surface area contributed by atoms with Gasteiger partial charge in [0, 0.05) is 4.47 Å². The molecule has 1 atom stereocenters. The van der Waals surface area contributed by atoms with Crippen molar-refractivity contribution in [3.63, 3.8) is 0 Å². The average molecular weight is 346 g/mol. The van der Waals surface area contributed by atoms with Gasteiger partial charge in [-0.15, -0.1) is 0 Å². The van der Waals surface area contributed by atoms with E-state index >= 15 is 0 Å². The van der Waals surface area contributed by atoms with Crippen molar-refractivity contribution < 1.29 is 9.90 Å². The summed E-state index contributed by atoms with van der Waals surface area (Å²) in [5, 5.41) is 13.6. The normalized spacial score (nSPS) is 20.1. The standard InChI is InChI=1S/C17H16BrNO2/c18-15-8-4-2-6-13(15)16(20)19-11-17(21)10-9-12-5-1-3-7-14(12)17/h1-8,21H,9-11H2,(H,19,20). The van der Waals surface area contributed by atoms with Gasteiger partial charge in [-0.2, -0.15) is 0 Å². The molecule has 0 radical (unpaired) electrons. The highest BCUT2D eigenvalue weighted by molar-refractivity contribution is 9.10. The number of hydrogen-bond acceptors (Lipinski definition) is 2. The van der Waals surface area contributed by atoms with Gasteiger partial charge in [0.2, 0.25) is 0 Å². The predicted molar refractivity (Wildman–Crippen MR) is 85.1 cm³/mol. The molecule has 1 aliphatic carbocycles. The molecule has 2 aromatic rings. The van der Waals surface area contributed by atoms with Crippen LogP contribution in [0.25, 0.3) is 0 Å². The molecule has 0 fully saturated rings. The fourth-order valence-corrected chi connectivity index (χ4v) is 3.28. The number of nitrogens with one attached hydrogen (secondary N) is 1. The largest absolute Gasteiger partial charge is 0.383 e. The highest BCUT2D eigenvalue weighted by Crippen LogP contribution is 2.36. The molecule has 21 heavy (non-hydrogen) atoms. The summed E-state index contributed by atoms with van der Waals surface area (Å²) in [5.74, 6) is -0.180. The Morgan fingerprint density at radius 3 is 2.71 bits per heavy atom. The van der Waals surface area contributed by atoms with Crippen LogP contribution in [0.2, 0.25) is 0 Å². The van der Waals surface area contributed by atoms with Crippen molar-refractivity contribution in [2.24, 2.45) is 0 Å². The third kappa shape index (κ3) is 2.74. The highest BCUT2D eigenvalue weighted by atomic mass is 79.9. The van der Waals surface area contributed by atoms with Crippen LogP contribution in [-0.2, 0) is 12.0 Å². The molecule has 3 rings (SSSR count). The Balaban J connectivity index is 1.74. The fraction of sp³-hybridized carbons (Fsp3) is 0.235. The second-order valence-corrected chi connectivity index (χ2v) is 6.21. The number of aliphatic hydroxyl groups is 1. The zero-order chi connectivity index (χ0) is 14.9. The number of carbonyl (C=O) groups excluding carboxylic acids is 1. The molecule has 0 spiro atoms. The van der Waals surface area contributed by atoms with Crippen LogP contribution in [0.15, 0.2) is 53.0 Å². The molecule has 0 bridgehead atoms. The first-order valence-electron chi connectivity index (χ1n) is 6.94. The fourth-order valence-electron chi connectivity index (χ4n) is 2.82. The Hall–Kier alpha value is -1.65. The minimum absolute atomic E-state index is 0.180. The zero-order valence-corrected chi connectivity index (χ0v) is 13.1. The molecule has 108 valence electrons. The molecule has 1 unspecified atom stereocenters. The summed E-state index contributed by atoms with van der Waals surface area (Å²) in [6, 6.07) is 15.1. The molecule has 0 saturated carbocycles. The van der Waals surface area contributed by atoms with Crippen molar-refractivity contribution >= 4 is 21.8 Å². The lowest BCUT2D eigenvalue weighted by molar-refractivity contribution is 0.0369. The Labute approximate surface area is 132 Å². The maximum atomic E-state index is 12.2. The van der Waals surface area contributed by atoms with E-state index in [2.05, 4.69) is 21.2 Å². The first kappa shape index (κ1) is 14.3. The van der Waals surface area contributed by atoms with E-state index in [4.69, 9.17) is 0 Å². The van der Waals surface area contributed by atoms with Crippen LogP contribution in [0.5, 0.6) is 0 Å². The van der Waals surface area contributed by atoms with Gasteiger partial charge in [-0.1, -0.05) is 36.4 Å². The van der Waals surface area contributed by atoms with Gasteiger partial charge in [0.1, 0.15) is 5.60 Å². The van der Waals surface area contributed by atoms with Crippen LogP contribution in [-0.4, -0.2) is 17.6 Å². The SMILES string of the molecule is O=C(NCC1(O)CCc2ccccc21)c1ccccc1Br. The molecular formula is C17H16BrNO2. The Kier molecular flexibility index (Phi) is 3.83. The lowest BCUT2D eigenvalue weighted by Gasteiger charge is -2.24. The van der Waals surface area contributed by atoms with Crippen LogP contribution < -0.4 is 5.32 Å². The Bertz CT molecular complexity index is 686. The van der Waals surface area contributed by atoms with Gasteiger partial charge in [0.15, 0.2) is 0 Å². The van der Waals surface area contributed by atoms with E-state index in [9.17, 15) is 9.90 Å². The summed E-state index contributed by atoms with van der Waals surface area (Å²) in [6.45, 7) is 0.226. The van der Waals surface area contributed by atoms with Gasteiger partial charge < -0.3 is 10.4 Å². The second kappa shape index (κ2) is 5.62. The summed E-state index contributed by atoms with van der Waals surface area (Å²) < 4.78 is 0.751. The van der Waals surface area contributed by atoms with Gasteiger partial charge in [0.05, 0.1) is 12.1 Å². The molecule has 2 aromatic carbocycles. The van der Waals surface area contributed by atoms with E-state index in [0.717, 1.165) is 22.0 Å². The third-order valence-corrected chi connectivity index (χ3v) is 4.68. The van der Waals surface area contributed by atoms with Gasteiger partial charge in [-0.25, -0.2) is 0 Å². The van der Waals surface area contributed by atoms with E-state index in [-0.39, 0.29) is 12.5 Å². The quantitative estimate of drug-likeness (QED) is 0.898. The summed E-state index contributed by atoms with van der Waals surface area (Å²) >= 11 is 3.37. The summed E-state index contributed by atoms with van der Waals surface area (Å²) in [5.41, 5.74) is 1.70. The van der Waals surface area contributed by atoms with Crippen LogP contribution in [0.1, 0.15) is 27.9 Å². The first-order chi connectivity index (χ1) is 10.1. The highest BCUT2D eigenvalue weighted by Gasteiger charge is 2.36. The Morgan fingerprint density at radius 2 is 1.90 bits per heavy atom. The summed E-state index contributed by atoms with van der Waals surface area (Å²) in [6.07, 6.45) is 1.49. The maximum Gasteiger partial charge on any atom is 0.252 e. The smallest absolute Gasteiger partial charge is 0.252 e. The van der Waals surface area contributed by atoms with E-state index in [1.54, 1.807) is 6.07 Å². The summed E-state index contributed by atoms with van der Waals surface area (Å²) in [7, 11) is 0. The lowest BCUT2D eigenvalue weighted by Crippen LogP contribution is -2.39. The molecule has 2 N–H and O–H groups in total. The molecule has 0 heterocycles. The number of halogens is 1. The van der Waals surface area contributed by atoms with Crippen LogP contribution in [0, 0.1) is 0 Å². The lowest BCUT2D eigenvalue weighted by atomic mass is 9.96. The first-order valence-corrected chi connectivity index (χ1v) is 7.73. The van der Waals surface area contributed by atoms with Gasteiger partial charge in [-0.3, -0.25) is 4.79 Å².